The highest BCUT2D eigenvalue weighted by molar-refractivity contribution is 5.91. The second-order valence-electron chi connectivity index (χ2n) is 6.41. The van der Waals surface area contributed by atoms with Crippen molar-refractivity contribution in [3.63, 3.8) is 0 Å². The summed E-state index contributed by atoms with van der Waals surface area (Å²) in [6.45, 7) is 2.70. The van der Waals surface area contributed by atoms with Gasteiger partial charge in [0.2, 0.25) is 5.91 Å². The van der Waals surface area contributed by atoms with Crippen LogP contribution in [-0.2, 0) is 11.2 Å². The number of carbonyl (C=O) groups excluding carboxylic acids is 1. The third-order valence-corrected chi connectivity index (χ3v) is 4.64. The van der Waals surface area contributed by atoms with Gasteiger partial charge in [-0.15, -0.1) is 0 Å². The largest absolute Gasteiger partial charge is 0.396 e. The number of carbonyl (C=O) groups is 1. The fraction of sp³-hybridized carbons (Fsp3) is 0.286. The molecule has 1 unspecified atom stereocenters. The number of benzene rings is 2. The molecule has 1 atom stereocenters. The Balaban J connectivity index is 1.65. The molecule has 0 aliphatic carbocycles. The van der Waals surface area contributed by atoms with E-state index in [2.05, 4.69) is 23.3 Å². The number of aliphatic hydroxyl groups excluding tert-OH is 1. The Morgan fingerprint density at radius 2 is 1.96 bits per heavy atom. The molecule has 0 radical (unpaired) electrons. The average molecular weight is 336 g/mol. The van der Waals surface area contributed by atoms with E-state index < -0.39 is 0 Å². The number of rotatable bonds is 7. The number of amides is 1. The molecule has 3 rings (SSSR count). The molecule has 0 bridgehead atoms. The molecular formula is C21H24N2O2. The van der Waals surface area contributed by atoms with Gasteiger partial charge in [-0.1, -0.05) is 42.5 Å². The van der Waals surface area contributed by atoms with Crippen LogP contribution in [-0.4, -0.2) is 29.1 Å². The molecule has 3 aromatic rings. The van der Waals surface area contributed by atoms with Gasteiger partial charge < -0.3 is 15.4 Å². The molecule has 0 aliphatic rings. The molecule has 0 aliphatic heterocycles. The maximum Gasteiger partial charge on any atom is 0.224 e. The lowest BCUT2D eigenvalue weighted by Gasteiger charge is -2.17. The van der Waals surface area contributed by atoms with E-state index in [1.165, 1.54) is 5.56 Å². The highest BCUT2D eigenvalue weighted by Gasteiger charge is 2.14. The van der Waals surface area contributed by atoms with Crippen molar-refractivity contribution >= 4 is 16.8 Å². The first-order valence-corrected chi connectivity index (χ1v) is 8.67. The molecule has 0 spiro atoms. The third kappa shape index (κ3) is 4.09. The molecule has 4 nitrogen and oxygen atoms in total. The van der Waals surface area contributed by atoms with Crippen LogP contribution in [0.3, 0.4) is 0 Å². The highest BCUT2D eigenvalue weighted by Crippen LogP contribution is 2.23. The van der Waals surface area contributed by atoms with E-state index >= 15 is 0 Å². The third-order valence-electron chi connectivity index (χ3n) is 4.64. The van der Waals surface area contributed by atoms with Crippen LogP contribution < -0.4 is 5.32 Å². The Kier molecular flexibility index (Phi) is 5.51. The topological polar surface area (TPSA) is 65.1 Å². The van der Waals surface area contributed by atoms with E-state index in [4.69, 9.17) is 0 Å². The van der Waals surface area contributed by atoms with Gasteiger partial charge >= 0.3 is 0 Å². The minimum absolute atomic E-state index is 0.00280. The van der Waals surface area contributed by atoms with Crippen molar-refractivity contribution in [2.75, 3.05) is 13.2 Å². The summed E-state index contributed by atoms with van der Waals surface area (Å²) < 4.78 is 0. The summed E-state index contributed by atoms with van der Waals surface area (Å²) in [7, 11) is 0. The minimum Gasteiger partial charge on any atom is -0.396 e. The molecule has 0 saturated heterocycles. The van der Waals surface area contributed by atoms with Gasteiger partial charge in [-0.3, -0.25) is 4.79 Å². The Bertz CT molecular complexity index is 839. The molecule has 25 heavy (non-hydrogen) atoms. The Morgan fingerprint density at radius 3 is 2.72 bits per heavy atom. The first kappa shape index (κ1) is 17.2. The molecular weight excluding hydrogens is 312 g/mol. The molecule has 3 N–H and O–H groups in total. The summed E-state index contributed by atoms with van der Waals surface area (Å²) in [4.78, 5) is 15.7. The van der Waals surface area contributed by atoms with E-state index in [1.807, 2.05) is 48.7 Å². The zero-order chi connectivity index (χ0) is 17.6. The number of aryl methyl sites for hydroxylation is 1. The number of aliphatic hydroxyl groups is 1. The zero-order valence-electron chi connectivity index (χ0n) is 14.5. The lowest BCUT2D eigenvalue weighted by molar-refractivity contribution is -0.120. The maximum absolute atomic E-state index is 12.4. The van der Waals surface area contributed by atoms with Crippen molar-refractivity contribution in [1.82, 2.24) is 10.3 Å². The van der Waals surface area contributed by atoms with Crippen LogP contribution in [0.25, 0.3) is 10.9 Å². The molecule has 1 amide bonds. The van der Waals surface area contributed by atoms with Crippen LogP contribution in [0.4, 0.5) is 0 Å². The standard InChI is InChI=1S/C21H24N2O2/c1-15-6-5-9-19-21(15)18(14-22-19)12-20(25)23-13-17(10-11-24)16-7-3-2-4-8-16/h2-9,14,17,22,24H,10-13H2,1H3,(H,23,25). The maximum atomic E-state index is 12.4. The zero-order valence-corrected chi connectivity index (χ0v) is 14.5. The number of fused-ring (bicyclic) bond motifs is 1. The molecule has 1 heterocycles. The van der Waals surface area contributed by atoms with Crippen LogP contribution >= 0.6 is 0 Å². The minimum atomic E-state index is 0.00280. The van der Waals surface area contributed by atoms with Gasteiger partial charge in [0.1, 0.15) is 0 Å². The smallest absolute Gasteiger partial charge is 0.224 e. The number of aromatic nitrogens is 1. The summed E-state index contributed by atoms with van der Waals surface area (Å²) in [6, 6.07) is 16.1. The van der Waals surface area contributed by atoms with E-state index in [1.54, 1.807) is 0 Å². The fourth-order valence-electron chi connectivity index (χ4n) is 3.33. The van der Waals surface area contributed by atoms with Gasteiger partial charge in [-0.2, -0.15) is 0 Å². The quantitative estimate of drug-likeness (QED) is 0.620. The fourth-order valence-corrected chi connectivity index (χ4v) is 3.33. The molecule has 2 aromatic carbocycles. The predicted molar refractivity (Wildman–Crippen MR) is 101 cm³/mol. The molecule has 0 saturated carbocycles. The van der Waals surface area contributed by atoms with Crippen LogP contribution in [0.2, 0.25) is 0 Å². The van der Waals surface area contributed by atoms with E-state index in [0.29, 0.717) is 19.4 Å². The van der Waals surface area contributed by atoms with Gasteiger partial charge in [0.05, 0.1) is 6.42 Å². The van der Waals surface area contributed by atoms with Crippen LogP contribution in [0.15, 0.2) is 54.7 Å². The average Bonchev–Trinajstić information content (AvgIpc) is 3.03. The van der Waals surface area contributed by atoms with Gasteiger partial charge in [-0.25, -0.2) is 0 Å². The SMILES string of the molecule is Cc1cccc2[nH]cc(CC(=O)NCC(CCO)c3ccccc3)c12. The predicted octanol–water partition coefficient (Wildman–Crippen LogP) is 3.30. The lowest BCUT2D eigenvalue weighted by atomic mass is 9.96. The highest BCUT2D eigenvalue weighted by atomic mass is 16.3. The van der Waals surface area contributed by atoms with Gasteiger partial charge in [0.15, 0.2) is 0 Å². The first-order chi connectivity index (χ1) is 12.2. The lowest BCUT2D eigenvalue weighted by Crippen LogP contribution is -2.30. The number of hydrogen-bond acceptors (Lipinski definition) is 2. The second kappa shape index (κ2) is 7.99. The Morgan fingerprint density at radius 1 is 1.16 bits per heavy atom. The van der Waals surface area contributed by atoms with Crippen molar-refractivity contribution in [1.29, 1.82) is 0 Å². The second-order valence-corrected chi connectivity index (χ2v) is 6.41. The van der Waals surface area contributed by atoms with E-state index in [0.717, 1.165) is 22.0 Å². The summed E-state index contributed by atoms with van der Waals surface area (Å²) in [5, 5.41) is 13.5. The Labute approximate surface area is 147 Å². The molecule has 0 fully saturated rings. The number of nitrogens with one attached hydrogen (secondary N) is 2. The van der Waals surface area contributed by atoms with Gasteiger partial charge in [-0.05, 0) is 36.1 Å². The van der Waals surface area contributed by atoms with Gasteiger partial charge in [0.25, 0.3) is 0 Å². The van der Waals surface area contributed by atoms with Crippen molar-refractivity contribution in [2.24, 2.45) is 0 Å². The monoisotopic (exact) mass is 336 g/mol. The molecule has 1 aromatic heterocycles. The van der Waals surface area contributed by atoms with Crippen molar-refractivity contribution in [3.8, 4) is 0 Å². The van der Waals surface area contributed by atoms with Gasteiger partial charge in [0, 0.05) is 36.2 Å². The molecule has 4 heteroatoms. The summed E-state index contributed by atoms with van der Waals surface area (Å²) in [5.74, 6) is 0.128. The van der Waals surface area contributed by atoms with Crippen LogP contribution in [0, 0.1) is 6.92 Å². The van der Waals surface area contributed by atoms with Crippen LogP contribution in [0.1, 0.15) is 29.0 Å². The normalized spacial score (nSPS) is 12.2. The van der Waals surface area contributed by atoms with Crippen molar-refractivity contribution in [3.05, 3.63) is 71.4 Å². The molecule has 130 valence electrons. The number of H-pyrrole nitrogens is 1. The summed E-state index contributed by atoms with van der Waals surface area (Å²) >= 11 is 0. The van der Waals surface area contributed by atoms with Crippen LogP contribution in [0.5, 0.6) is 0 Å². The van der Waals surface area contributed by atoms with E-state index in [-0.39, 0.29) is 18.4 Å². The number of aromatic amines is 1. The van der Waals surface area contributed by atoms with E-state index in [9.17, 15) is 9.90 Å². The summed E-state index contributed by atoms with van der Waals surface area (Å²) in [6.07, 6.45) is 2.90. The van der Waals surface area contributed by atoms with Crippen molar-refractivity contribution < 1.29 is 9.90 Å². The number of hydrogen-bond donors (Lipinski definition) is 3. The Hall–Kier alpha value is -2.59. The summed E-state index contributed by atoms with van der Waals surface area (Å²) in [5.41, 5.74) is 4.39. The van der Waals surface area contributed by atoms with Crippen molar-refractivity contribution in [2.45, 2.75) is 25.7 Å². The first-order valence-electron chi connectivity index (χ1n) is 8.67.